The van der Waals surface area contributed by atoms with Crippen molar-refractivity contribution in [3.8, 4) is 0 Å². The predicted octanol–water partition coefficient (Wildman–Crippen LogP) is 0.865. The minimum Gasteiger partial charge on any atom is -0.456 e. The summed E-state index contributed by atoms with van der Waals surface area (Å²) >= 11 is 0. The normalized spacial score (nSPS) is 13.8. The second-order valence-electron chi connectivity index (χ2n) is 5.37. The van der Waals surface area contributed by atoms with Gasteiger partial charge in [-0.05, 0) is 34.6 Å². The van der Waals surface area contributed by atoms with E-state index in [9.17, 15) is 4.79 Å². The van der Waals surface area contributed by atoms with Crippen LogP contribution in [0.4, 0.5) is 0 Å². The van der Waals surface area contributed by atoms with E-state index in [1.54, 1.807) is 13.8 Å². The van der Waals surface area contributed by atoms with Crippen LogP contribution in [0.5, 0.6) is 0 Å². The number of nitrogens with two attached hydrogens (primary N) is 1. The highest BCUT2D eigenvalue weighted by Crippen LogP contribution is 2.16. The fourth-order valence-corrected chi connectivity index (χ4v) is 0.842. The molecule has 0 rings (SSSR count). The number of hydrogen-bond donors (Lipinski definition) is 2. The van der Waals surface area contributed by atoms with Crippen molar-refractivity contribution in [1.82, 2.24) is 0 Å². The zero-order valence-corrected chi connectivity index (χ0v) is 12.0. The molecule has 3 N–H and O–H groups in total. The van der Waals surface area contributed by atoms with E-state index in [4.69, 9.17) is 20.3 Å². The Kier molecular flexibility index (Phi) is 8.00. The Bertz CT molecular complexity index is 238. The van der Waals surface area contributed by atoms with Crippen molar-refractivity contribution in [2.75, 3.05) is 13.2 Å². The molecule has 0 aromatic heterocycles. The Balaban J connectivity index is 0. The quantitative estimate of drug-likeness (QED) is 0.724. The molecule has 104 valence electrons. The van der Waals surface area contributed by atoms with Gasteiger partial charge in [-0.2, -0.15) is 0 Å². The summed E-state index contributed by atoms with van der Waals surface area (Å²) < 4.78 is 10.7. The lowest BCUT2D eigenvalue weighted by molar-refractivity contribution is -0.169. The van der Waals surface area contributed by atoms with Gasteiger partial charge in [-0.1, -0.05) is 0 Å². The average molecular weight is 270 g/mol. The van der Waals surface area contributed by atoms with Gasteiger partial charge < -0.3 is 20.3 Å². The van der Waals surface area contributed by atoms with Gasteiger partial charge in [-0.15, -0.1) is 12.4 Å². The standard InChI is InChI=1S/C11H23NO4.ClH/c1-10(2,3)15-7-11(4,5)16-9(14)8(12)6-13;/h8,13H,6-7,12H2,1-5H3;1H/t8-;/m0./s1. The van der Waals surface area contributed by atoms with Crippen LogP contribution in [-0.4, -0.2) is 41.5 Å². The molecule has 0 aliphatic carbocycles. The van der Waals surface area contributed by atoms with Crippen molar-refractivity contribution >= 4 is 18.4 Å². The van der Waals surface area contributed by atoms with Gasteiger partial charge in [-0.3, -0.25) is 4.79 Å². The van der Waals surface area contributed by atoms with E-state index < -0.39 is 24.2 Å². The molecule has 0 spiro atoms. The third-order valence-electron chi connectivity index (χ3n) is 1.73. The van der Waals surface area contributed by atoms with Crippen LogP contribution in [-0.2, 0) is 14.3 Å². The lowest BCUT2D eigenvalue weighted by Crippen LogP contribution is -2.43. The molecule has 0 aliphatic rings. The lowest BCUT2D eigenvalue weighted by Gasteiger charge is -2.30. The number of aliphatic hydroxyl groups is 1. The number of ether oxygens (including phenoxy) is 2. The molecule has 0 aromatic carbocycles. The second kappa shape index (κ2) is 7.16. The monoisotopic (exact) mass is 269 g/mol. The van der Waals surface area contributed by atoms with Gasteiger partial charge in [0, 0.05) is 0 Å². The zero-order chi connectivity index (χ0) is 13.0. The van der Waals surface area contributed by atoms with E-state index >= 15 is 0 Å². The highest BCUT2D eigenvalue weighted by Gasteiger charge is 2.28. The van der Waals surface area contributed by atoms with Gasteiger partial charge in [-0.25, -0.2) is 0 Å². The number of aliphatic hydroxyl groups excluding tert-OH is 1. The van der Waals surface area contributed by atoms with Crippen LogP contribution in [0.2, 0.25) is 0 Å². The van der Waals surface area contributed by atoms with Crippen LogP contribution >= 0.6 is 12.4 Å². The minimum atomic E-state index is -0.992. The summed E-state index contributed by atoms with van der Waals surface area (Å²) in [5, 5.41) is 8.70. The van der Waals surface area contributed by atoms with E-state index in [2.05, 4.69) is 0 Å². The molecule has 5 nitrogen and oxygen atoms in total. The van der Waals surface area contributed by atoms with Crippen molar-refractivity contribution < 1.29 is 19.4 Å². The molecule has 6 heteroatoms. The van der Waals surface area contributed by atoms with Gasteiger partial charge in [0.05, 0.1) is 18.8 Å². The van der Waals surface area contributed by atoms with Gasteiger partial charge in [0.1, 0.15) is 11.6 Å². The Labute approximate surface area is 109 Å². The summed E-state index contributed by atoms with van der Waals surface area (Å²) in [5.41, 5.74) is 4.30. The van der Waals surface area contributed by atoms with Crippen LogP contribution in [0, 0.1) is 0 Å². The average Bonchev–Trinajstić information content (AvgIpc) is 2.12. The molecule has 0 saturated carbocycles. The summed E-state index contributed by atoms with van der Waals surface area (Å²) in [6.45, 7) is 9.09. The first kappa shape index (κ1) is 19.0. The minimum absolute atomic E-state index is 0. The van der Waals surface area contributed by atoms with E-state index in [1.165, 1.54) is 0 Å². The molecule has 1 atom stereocenters. The summed E-state index contributed by atoms with van der Waals surface area (Å²) in [6, 6.07) is -0.992. The first-order valence-corrected chi connectivity index (χ1v) is 5.31. The number of carbonyl (C=O) groups excluding carboxylic acids is 1. The molecule has 0 heterocycles. The van der Waals surface area contributed by atoms with Crippen LogP contribution in [0.15, 0.2) is 0 Å². The first-order valence-electron chi connectivity index (χ1n) is 5.31. The maximum Gasteiger partial charge on any atom is 0.325 e. The number of carbonyl (C=O) groups is 1. The molecule has 0 aliphatic heterocycles. The molecule has 0 bridgehead atoms. The van der Waals surface area contributed by atoms with E-state index in [-0.39, 0.29) is 24.6 Å². The SMILES string of the molecule is CC(C)(C)OCC(C)(C)OC(=O)[C@@H](N)CO.Cl. The molecule has 0 radical (unpaired) electrons. The van der Waals surface area contributed by atoms with Gasteiger partial charge in [0.25, 0.3) is 0 Å². The van der Waals surface area contributed by atoms with Crippen molar-refractivity contribution in [3.63, 3.8) is 0 Å². The molecule has 0 saturated heterocycles. The predicted molar refractivity (Wildman–Crippen MR) is 68.2 cm³/mol. The number of esters is 1. The van der Waals surface area contributed by atoms with E-state index in [0.29, 0.717) is 0 Å². The summed E-state index contributed by atoms with van der Waals surface area (Å²) in [5.74, 6) is -0.620. The molecule has 0 fully saturated rings. The third-order valence-corrected chi connectivity index (χ3v) is 1.73. The Morgan fingerprint density at radius 2 is 1.76 bits per heavy atom. The molecule has 0 amide bonds. The van der Waals surface area contributed by atoms with Gasteiger partial charge in [0.15, 0.2) is 0 Å². The molecular formula is C11H24ClNO4. The topological polar surface area (TPSA) is 81.8 Å². The van der Waals surface area contributed by atoms with Crippen molar-refractivity contribution in [2.24, 2.45) is 5.73 Å². The maximum absolute atomic E-state index is 11.4. The third kappa shape index (κ3) is 9.35. The van der Waals surface area contributed by atoms with Crippen molar-refractivity contribution in [1.29, 1.82) is 0 Å². The van der Waals surface area contributed by atoms with Crippen LogP contribution in [0.25, 0.3) is 0 Å². The molecular weight excluding hydrogens is 246 g/mol. The van der Waals surface area contributed by atoms with E-state index in [1.807, 2.05) is 20.8 Å². The highest BCUT2D eigenvalue weighted by molar-refractivity contribution is 5.85. The molecule has 0 unspecified atom stereocenters. The van der Waals surface area contributed by atoms with Crippen LogP contribution < -0.4 is 5.73 Å². The molecule has 17 heavy (non-hydrogen) atoms. The number of rotatable bonds is 5. The smallest absolute Gasteiger partial charge is 0.325 e. The highest BCUT2D eigenvalue weighted by atomic mass is 35.5. The fourth-order valence-electron chi connectivity index (χ4n) is 0.842. The van der Waals surface area contributed by atoms with Crippen LogP contribution in [0.3, 0.4) is 0 Å². The van der Waals surface area contributed by atoms with Gasteiger partial charge >= 0.3 is 5.97 Å². The van der Waals surface area contributed by atoms with Crippen LogP contribution in [0.1, 0.15) is 34.6 Å². The maximum atomic E-state index is 11.4. The largest absolute Gasteiger partial charge is 0.456 e. The Hall–Kier alpha value is -0.360. The number of hydrogen-bond acceptors (Lipinski definition) is 5. The Morgan fingerprint density at radius 3 is 2.12 bits per heavy atom. The first-order chi connectivity index (χ1) is 7.07. The van der Waals surface area contributed by atoms with Gasteiger partial charge in [0.2, 0.25) is 0 Å². The van der Waals surface area contributed by atoms with E-state index in [0.717, 1.165) is 0 Å². The summed E-state index contributed by atoms with van der Waals surface area (Å²) in [4.78, 5) is 11.4. The second-order valence-corrected chi connectivity index (χ2v) is 5.37. The Morgan fingerprint density at radius 1 is 1.29 bits per heavy atom. The summed E-state index contributed by atoms with van der Waals surface area (Å²) in [6.07, 6.45) is 0. The zero-order valence-electron chi connectivity index (χ0n) is 11.1. The number of halogens is 1. The lowest BCUT2D eigenvalue weighted by atomic mass is 10.1. The van der Waals surface area contributed by atoms with Crippen molar-refractivity contribution in [3.05, 3.63) is 0 Å². The molecule has 0 aromatic rings. The van der Waals surface area contributed by atoms with Crippen molar-refractivity contribution in [2.45, 2.75) is 51.9 Å². The fraction of sp³-hybridized carbons (Fsp3) is 0.909. The summed E-state index contributed by atoms with van der Waals surface area (Å²) in [7, 11) is 0.